The van der Waals surface area contributed by atoms with Gasteiger partial charge in [-0.3, -0.25) is 4.79 Å². The first kappa shape index (κ1) is 28.7. The van der Waals surface area contributed by atoms with Crippen LogP contribution in [0.15, 0.2) is 0 Å². The summed E-state index contributed by atoms with van der Waals surface area (Å²) < 4.78 is 0. The summed E-state index contributed by atoms with van der Waals surface area (Å²) >= 11 is 0. The smallest absolute Gasteiger partial charge is 0.135 e. The third kappa shape index (κ3) is 8.33. The first-order valence-electron chi connectivity index (χ1n) is 17.3. The Morgan fingerprint density at radius 2 is 1.00 bits per heavy atom. The maximum Gasteiger partial charge on any atom is 0.135 e. The van der Waals surface area contributed by atoms with Gasteiger partial charge < -0.3 is 0 Å². The van der Waals surface area contributed by atoms with Crippen LogP contribution >= 0.6 is 0 Å². The number of fused-ring (bicyclic) bond motifs is 5. The molecule has 0 aromatic heterocycles. The first-order valence-corrected chi connectivity index (χ1v) is 17.3. The second-order valence-corrected chi connectivity index (χ2v) is 13.9. The fourth-order valence-electron chi connectivity index (χ4n) is 9.64. The van der Waals surface area contributed by atoms with Crippen LogP contribution in [0.1, 0.15) is 174 Å². The normalized spacial score (nSPS) is 33.6. The molecular formula is C35H62O. The van der Waals surface area contributed by atoms with Crippen molar-refractivity contribution in [3.05, 3.63) is 0 Å². The number of Topliss-reactive ketones (excluding diaryl/α,β-unsaturated/α-hetero) is 1. The summed E-state index contributed by atoms with van der Waals surface area (Å²) in [5.41, 5.74) is 0. The zero-order valence-corrected chi connectivity index (χ0v) is 24.3. The molecule has 208 valence electrons. The van der Waals surface area contributed by atoms with Gasteiger partial charge in [-0.2, -0.15) is 0 Å². The minimum absolute atomic E-state index is 0.428. The number of unbranched alkanes of at least 4 members (excludes halogenated alkanes) is 14. The molecule has 0 bridgehead atoms. The van der Waals surface area contributed by atoms with E-state index in [1.54, 1.807) is 6.42 Å². The van der Waals surface area contributed by atoms with Crippen LogP contribution in [0.4, 0.5) is 0 Å². The lowest BCUT2D eigenvalue weighted by molar-refractivity contribution is -0.126. The van der Waals surface area contributed by atoms with Crippen LogP contribution in [-0.4, -0.2) is 5.78 Å². The molecule has 0 N–H and O–H groups in total. The van der Waals surface area contributed by atoms with Crippen molar-refractivity contribution in [2.75, 3.05) is 0 Å². The van der Waals surface area contributed by atoms with Crippen molar-refractivity contribution in [2.24, 2.45) is 41.4 Å². The first-order chi connectivity index (χ1) is 17.8. The van der Waals surface area contributed by atoms with E-state index in [0.717, 1.165) is 48.3 Å². The van der Waals surface area contributed by atoms with Crippen molar-refractivity contribution in [1.82, 2.24) is 0 Å². The molecule has 4 aliphatic rings. The molecule has 1 heteroatoms. The molecule has 0 heterocycles. The van der Waals surface area contributed by atoms with Gasteiger partial charge in [-0.25, -0.2) is 0 Å². The Labute approximate surface area is 225 Å². The topological polar surface area (TPSA) is 17.1 Å². The Morgan fingerprint density at radius 1 is 0.500 bits per heavy atom. The lowest BCUT2D eigenvalue weighted by Gasteiger charge is -2.52. The predicted molar refractivity (Wildman–Crippen MR) is 155 cm³/mol. The molecule has 0 amide bonds. The second kappa shape index (κ2) is 15.9. The highest BCUT2D eigenvalue weighted by Crippen LogP contribution is 2.58. The number of carbonyl (C=O) groups excluding carboxylic acids is 1. The zero-order chi connectivity index (χ0) is 25.0. The van der Waals surface area contributed by atoms with Crippen LogP contribution in [0, 0.1) is 41.4 Å². The Hall–Kier alpha value is -0.330. The van der Waals surface area contributed by atoms with E-state index in [9.17, 15) is 4.79 Å². The summed E-state index contributed by atoms with van der Waals surface area (Å²) in [6.45, 7) is 2.30. The van der Waals surface area contributed by atoms with Crippen molar-refractivity contribution in [3.8, 4) is 0 Å². The molecule has 4 fully saturated rings. The van der Waals surface area contributed by atoms with Crippen LogP contribution < -0.4 is 0 Å². The van der Waals surface area contributed by atoms with E-state index < -0.39 is 0 Å². The highest BCUT2D eigenvalue weighted by atomic mass is 16.1. The highest BCUT2D eigenvalue weighted by molar-refractivity contribution is 5.81. The summed E-state index contributed by atoms with van der Waals surface area (Å²) in [7, 11) is 0. The van der Waals surface area contributed by atoms with Gasteiger partial charge in [-0.15, -0.1) is 0 Å². The Morgan fingerprint density at radius 3 is 1.61 bits per heavy atom. The van der Waals surface area contributed by atoms with Crippen LogP contribution in [0.3, 0.4) is 0 Å². The Balaban J connectivity index is 0.989. The molecule has 1 nitrogen and oxygen atoms in total. The SMILES string of the molecule is CCCCCCCCCCCCCCCCCC(=O)[C@H]1CC[C@H]2C(CC[C@H]3[C@@H]4CCC[C@H]4CC[C@@H]32)C1. The van der Waals surface area contributed by atoms with Crippen LogP contribution in [0.5, 0.6) is 0 Å². The third-order valence-electron chi connectivity index (χ3n) is 11.6. The predicted octanol–water partition coefficient (Wildman–Crippen LogP) is 11.1. The average molecular weight is 499 g/mol. The van der Waals surface area contributed by atoms with E-state index in [4.69, 9.17) is 0 Å². The minimum Gasteiger partial charge on any atom is -0.299 e. The quantitative estimate of drug-likeness (QED) is 0.182. The van der Waals surface area contributed by atoms with Gasteiger partial charge in [0, 0.05) is 12.3 Å². The van der Waals surface area contributed by atoms with Crippen LogP contribution in [-0.2, 0) is 4.79 Å². The molecule has 4 rings (SSSR count). The maximum absolute atomic E-state index is 13.0. The summed E-state index contributed by atoms with van der Waals surface area (Å²) in [5, 5.41) is 0. The van der Waals surface area contributed by atoms with Crippen molar-refractivity contribution < 1.29 is 4.79 Å². The van der Waals surface area contributed by atoms with E-state index in [0.29, 0.717) is 11.7 Å². The monoisotopic (exact) mass is 498 g/mol. The largest absolute Gasteiger partial charge is 0.299 e. The average Bonchev–Trinajstić information content (AvgIpc) is 3.39. The van der Waals surface area contributed by atoms with E-state index in [1.165, 1.54) is 148 Å². The Kier molecular flexibility index (Phi) is 12.7. The van der Waals surface area contributed by atoms with E-state index in [2.05, 4.69) is 6.92 Å². The number of hydrogen-bond donors (Lipinski definition) is 0. The lowest BCUT2D eigenvalue weighted by atomic mass is 9.53. The summed E-state index contributed by atoms with van der Waals surface area (Å²) in [5.74, 6) is 7.25. The van der Waals surface area contributed by atoms with E-state index in [1.807, 2.05) is 0 Å². The van der Waals surface area contributed by atoms with Crippen molar-refractivity contribution >= 4 is 5.78 Å². The molecule has 0 radical (unpaired) electrons. The fraction of sp³-hybridized carbons (Fsp3) is 0.971. The molecule has 0 aromatic rings. The number of ketones is 1. The van der Waals surface area contributed by atoms with Crippen molar-refractivity contribution in [2.45, 2.75) is 174 Å². The Bertz CT molecular complexity index is 610. The summed E-state index contributed by atoms with van der Waals surface area (Å²) in [4.78, 5) is 13.0. The second-order valence-electron chi connectivity index (χ2n) is 13.9. The molecule has 4 aliphatic carbocycles. The van der Waals surface area contributed by atoms with Crippen LogP contribution in [0.2, 0.25) is 0 Å². The van der Waals surface area contributed by atoms with Gasteiger partial charge >= 0.3 is 0 Å². The van der Waals surface area contributed by atoms with Gasteiger partial charge in [-0.05, 0) is 93.3 Å². The van der Waals surface area contributed by atoms with Gasteiger partial charge in [0.25, 0.3) is 0 Å². The van der Waals surface area contributed by atoms with Gasteiger partial charge in [0.05, 0.1) is 0 Å². The summed E-state index contributed by atoms with van der Waals surface area (Å²) in [6, 6.07) is 0. The third-order valence-corrected chi connectivity index (χ3v) is 11.6. The van der Waals surface area contributed by atoms with E-state index in [-0.39, 0.29) is 0 Å². The summed E-state index contributed by atoms with van der Waals surface area (Å²) in [6.07, 6.45) is 36.4. The molecule has 36 heavy (non-hydrogen) atoms. The number of carbonyl (C=O) groups is 1. The fourth-order valence-corrected chi connectivity index (χ4v) is 9.64. The molecular weight excluding hydrogens is 436 g/mol. The molecule has 0 aliphatic heterocycles. The molecule has 7 atom stereocenters. The number of rotatable bonds is 17. The van der Waals surface area contributed by atoms with Gasteiger partial charge in [0.2, 0.25) is 0 Å². The molecule has 0 spiro atoms. The van der Waals surface area contributed by atoms with Gasteiger partial charge in [0.15, 0.2) is 0 Å². The minimum atomic E-state index is 0.428. The van der Waals surface area contributed by atoms with Gasteiger partial charge in [0.1, 0.15) is 5.78 Å². The molecule has 1 unspecified atom stereocenters. The maximum atomic E-state index is 13.0. The number of hydrogen-bond acceptors (Lipinski definition) is 1. The molecule has 0 saturated heterocycles. The van der Waals surface area contributed by atoms with Crippen molar-refractivity contribution in [1.29, 1.82) is 0 Å². The highest BCUT2D eigenvalue weighted by Gasteiger charge is 2.49. The molecule has 0 aromatic carbocycles. The van der Waals surface area contributed by atoms with Gasteiger partial charge in [-0.1, -0.05) is 110 Å². The van der Waals surface area contributed by atoms with Crippen molar-refractivity contribution in [3.63, 3.8) is 0 Å². The van der Waals surface area contributed by atoms with Crippen LogP contribution in [0.25, 0.3) is 0 Å². The standard InChI is InChI=1S/C35H62O/c1-2-3-4-5-6-7-8-9-10-11-12-13-14-15-16-20-35(36)30-23-24-32-29(27-30)22-26-33-31-19-17-18-28(31)21-25-34(32)33/h28-34H,2-27H2,1H3/t28-,29?,30-,31+,32-,33-,34+/m0/s1. The van der Waals surface area contributed by atoms with E-state index >= 15 is 0 Å². The lowest BCUT2D eigenvalue weighted by Crippen LogP contribution is -2.45. The zero-order valence-electron chi connectivity index (χ0n) is 24.3. The molecule has 4 saturated carbocycles.